The van der Waals surface area contributed by atoms with Crippen LogP contribution in [-0.2, 0) is 0 Å². The monoisotopic (exact) mass is 237 g/mol. The summed E-state index contributed by atoms with van der Waals surface area (Å²) < 4.78 is 0. The van der Waals surface area contributed by atoms with Crippen molar-refractivity contribution in [3.8, 4) is 0 Å². The summed E-state index contributed by atoms with van der Waals surface area (Å²) in [6.07, 6.45) is 16.1. The molecule has 2 atom stereocenters. The lowest BCUT2D eigenvalue weighted by Crippen LogP contribution is -2.29. The van der Waals surface area contributed by atoms with Crippen molar-refractivity contribution in [3.63, 3.8) is 0 Å². The van der Waals surface area contributed by atoms with Crippen LogP contribution < -0.4 is 5.32 Å². The van der Waals surface area contributed by atoms with Gasteiger partial charge in [-0.2, -0.15) is 0 Å². The van der Waals surface area contributed by atoms with E-state index in [1.54, 1.807) is 0 Å². The van der Waals surface area contributed by atoms with Crippen molar-refractivity contribution in [2.45, 2.75) is 77.2 Å². The molecule has 0 spiro atoms. The summed E-state index contributed by atoms with van der Waals surface area (Å²) in [6, 6.07) is 0.806. The molecular formula is C16H31N. The topological polar surface area (TPSA) is 12.0 Å². The van der Waals surface area contributed by atoms with E-state index in [1.165, 1.54) is 64.2 Å². The summed E-state index contributed by atoms with van der Waals surface area (Å²) in [5, 5.41) is 3.65. The Kier molecular flexibility index (Phi) is 8.42. The van der Waals surface area contributed by atoms with Crippen LogP contribution in [0, 0.1) is 5.92 Å². The summed E-state index contributed by atoms with van der Waals surface area (Å²) in [7, 11) is 0. The maximum atomic E-state index is 3.78. The quantitative estimate of drug-likeness (QED) is 0.367. The zero-order valence-electron chi connectivity index (χ0n) is 11.7. The smallest absolute Gasteiger partial charge is 0.00695 e. The Balaban J connectivity index is 2.14. The van der Waals surface area contributed by atoms with Crippen molar-refractivity contribution in [2.75, 3.05) is 6.54 Å². The maximum absolute atomic E-state index is 3.78. The first kappa shape index (κ1) is 14.8. The van der Waals surface area contributed by atoms with Crippen LogP contribution in [0.25, 0.3) is 0 Å². The molecule has 1 saturated carbocycles. The van der Waals surface area contributed by atoms with Gasteiger partial charge in [0.05, 0.1) is 0 Å². The fourth-order valence-corrected chi connectivity index (χ4v) is 3.10. The molecule has 2 unspecified atom stereocenters. The van der Waals surface area contributed by atoms with E-state index in [4.69, 9.17) is 0 Å². The van der Waals surface area contributed by atoms with Crippen molar-refractivity contribution >= 4 is 0 Å². The lowest BCUT2D eigenvalue weighted by molar-refractivity contribution is 0.361. The van der Waals surface area contributed by atoms with Gasteiger partial charge in [-0.05, 0) is 38.1 Å². The molecule has 17 heavy (non-hydrogen) atoms. The van der Waals surface area contributed by atoms with E-state index >= 15 is 0 Å². The molecule has 1 aliphatic rings. The zero-order chi connectivity index (χ0) is 12.3. The number of rotatable bonds is 8. The highest BCUT2D eigenvalue weighted by atomic mass is 14.9. The summed E-state index contributed by atoms with van der Waals surface area (Å²) in [5.74, 6) is 0.991. The lowest BCUT2D eigenvalue weighted by atomic mass is 9.92. The van der Waals surface area contributed by atoms with E-state index < -0.39 is 0 Å². The Morgan fingerprint density at radius 2 is 2.00 bits per heavy atom. The highest BCUT2D eigenvalue weighted by molar-refractivity contribution is 4.76. The largest absolute Gasteiger partial charge is 0.314 e. The fourth-order valence-electron chi connectivity index (χ4n) is 3.10. The van der Waals surface area contributed by atoms with Crippen LogP contribution in [0.1, 0.15) is 71.1 Å². The van der Waals surface area contributed by atoms with Crippen molar-refractivity contribution in [2.24, 2.45) is 5.92 Å². The fraction of sp³-hybridized carbons (Fsp3) is 0.875. The summed E-state index contributed by atoms with van der Waals surface area (Å²) in [6.45, 7) is 7.15. The molecule has 0 aromatic heterocycles. The van der Waals surface area contributed by atoms with Crippen LogP contribution in [-0.4, -0.2) is 12.6 Å². The van der Waals surface area contributed by atoms with Gasteiger partial charge in [0, 0.05) is 6.04 Å². The van der Waals surface area contributed by atoms with E-state index in [9.17, 15) is 0 Å². The predicted octanol–water partition coefficient (Wildman–Crippen LogP) is 4.68. The molecule has 0 aliphatic heterocycles. The minimum atomic E-state index is 0.806. The third-order valence-electron chi connectivity index (χ3n) is 4.05. The molecule has 1 fully saturated rings. The van der Waals surface area contributed by atoms with Gasteiger partial charge in [-0.1, -0.05) is 51.5 Å². The van der Waals surface area contributed by atoms with E-state index in [0.29, 0.717) is 0 Å². The highest BCUT2D eigenvalue weighted by Crippen LogP contribution is 2.27. The highest BCUT2D eigenvalue weighted by Gasteiger charge is 2.18. The molecule has 0 amide bonds. The van der Waals surface area contributed by atoms with Crippen molar-refractivity contribution in [1.29, 1.82) is 0 Å². The Hall–Kier alpha value is -0.300. The molecule has 1 nitrogen and oxygen atoms in total. The Labute approximate surface area is 108 Å². The molecule has 0 bridgehead atoms. The molecule has 1 N–H and O–H groups in total. The third kappa shape index (κ3) is 6.88. The normalized spacial score (nSPS) is 25.5. The standard InChI is InChI=1S/C16H31N/c1-3-5-6-7-8-11-15-12-9-10-13-16(14-15)17-4-2/h3,15-17H,1,4-14H2,2H3. The van der Waals surface area contributed by atoms with E-state index in [0.717, 1.165) is 18.5 Å². The predicted molar refractivity (Wildman–Crippen MR) is 77.3 cm³/mol. The first-order chi connectivity index (χ1) is 8.36. The summed E-state index contributed by atoms with van der Waals surface area (Å²) in [4.78, 5) is 0. The first-order valence-electron chi connectivity index (χ1n) is 7.71. The maximum Gasteiger partial charge on any atom is 0.00695 e. The molecule has 1 aliphatic carbocycles. The van der Waals surface area contributed by atoms with Gasteiger partial charge in [0.1, 0.15) is 0 Å². The van der Waals surface area contributed by atoms with E-state index in [2.05, 4.69) is 18.8 Å². The molecule has 0 aromatic carbocycles. The second-order valence-electron chi connectivity index (χ2n) is 5.57. The van der Waals surface area contributed by atoms with Gasteiger partial charge < -0.3 is 5.32 Å². The van der Waals surface area contributed by atoms with Gasteiger partial charge in [-0.25, -0.2) is 0 Å². The number of hydrogen-bond donors (Lipinski definition) is 1. The van der Waals surface area contributed by atoms with Gasteiger partial charge in [-0.3, -0.25) is 0 Å². The van der Waals surface area contributed by atoms with E-state index in [-0.39, 0.29) is 0 Å². The van der Waals surface area contributed by atoms with Crippen molar-refractivity contribution in [1.82, 2.24) is 5.32 Å². The van der Waals surface area contributed by atoms with Gasteiger partial charge in [0.2, 0.25) is 0 Å². The molecule has 0 radical (unpaired) electrons. The lowest BCUT2D eigenvalue weighted by Gasteiger charge is -2.20. The molecule has 0 saturated heterocycles. The average molecular weight is 237 g/mol. The van der Waals surface area contributed by atoms with E-state index in [1.807, 2.05) is 6.08 Å². The Bertz CT molecular complexity index is 188. The van der Waals surface area contributed by atoms with Gasteiger partial charge in [0.15, 0.2) is 0 Å². The van der Waals surface area contributed by atoms with Crippen LogP contribution in [0.5, 0.6) is 0 Å². The second kappa shape index (κ2) is 9.70. The van der Waals surface area contributed by atoms with Crippen molar-refractivity contribution in [3.05, 3.63) is 12.7 Å². The Morgan fingerprint density at radius 1 is 1.18 bits per heavy atom. The molecule has 1 heteroatoms. The van der Waals surface area contributed by atoms with Crippen LogP contribution in [0.3, 0.4) is 0 Å². The second-order valence-corrected chi connectivity index (χ2v) is 5.57. The van der Waals surface area contributed by atoms with Crippen LogP contribution in [0.4, 0.5) is 0 Å². The summed E-state index contributed by atoms with van der Waals surface area (Å²) in [5.41, 5.74) is 0. The number of unbranched alkanes of at least 4 members (excludes halogenated alkanes) is 3. The number of allylic oxidation sites excluding steroid dienone is 1. The molecule has 0 heterocycles. The number of nitrogens with one attached hydrogen (secondary N) is 1. The molecule has 0 aromatic rings. The molecule has 100 valence electrons. The van der Waals surface area contributed by atoms with Crippen LogP contribution in [0.2, 0.25) is 0 Å². The SMILES string of the molecule is C=CCCCCCC1CCCCC(NCC)C1. The minimum absolute atomic E-state index is 0.806. The third-order valence-corrected chi connectivity index (χ3v) is 4.05. The van der Waals surface area contributed by atoms with Crippen molar-refractivity contribution < 1.29 is 0 Å². The first-order valence-corrected chi connectivity index (χ1v) is 7.71. The zero-order valence-corrected chi connectivity index (χ0v) is 11.7. The van der Waals surface area contributed by atoms with Gasteiger partial charge >= 0.3 is 0 Å². The minimum Gasteiger partial charge on any atom is -0.314 e. The van der Waals surface area contributed by atoms with Crippen LogP contribution >= 0.6 is 0 Å². The molecule has 1 rings (SSSR count). The Morgan fingerprint density at radius 3 is 2.76 bits per heavy atom. The van der Waals surface area contributed by atoms with Gasteiger partial charge in [0.25, 0.3) is 0 Å². The average Bonchev–Trinajstić information content (AvgIpc) is 2.55. The van der Waals surface area contributed by atoms with Gasteiger partial charge in [-0.15, -0.1) is 6.58 Å². The summed E-state index contributed by atoms with van der Waals surface area (Å²) >= 11 is 0. The number of hydrogen-bond acceptors (Lipinski definition) is 1. The molecular weight excluding hydrogens is 206 g/mol. The van der Waals surface area contributed by atoms with Crippen LogP contribution in [0.15, 0.2) is 12.7 Å².